The number of fused-ring (bicyclic) bond motifs is 1. The molecule has 1 aromatic heterocycles. The zero-order valence-electron chi connectivity index (χ0n) is 13.3. The number of thioether (sulfide) groups is 1. The summed E-state index contributed by atoms with van der Waals surface area (Å²) < 4.78 is 5.35. The molecule has 0 saturated carbocycles. The zero-order valence-corrected chi connectivity index (χ0v) is 14.1. The molecule has 0 aliphatic carbocycles. The lowest BCUT2D eigenvalue weighted by atomic mass is 10.1. The molecule has 2 heterocycles. The molecule has 0 fully saturated rings. The quantitative estimate of drug-likeness (QED) is 0.939. The number of aromatic nitrogens is 1. The van der Waals surface area contributed by atoms with Gasteiger partial charge in [-0.05, 0) is 25.0 Å². The van der Waals surface area contributed by atoms with Gasteiger partial charge in [0.05, 0.1) is 18.3 Å². The minimum Gasteiger partial charge on any atom is -0.496 e. The van der Waals surface area contributed by atoms with Gasteiger partial charge in [0, 0.05) is 28.5 Å². The molecule has 3 rings (SSSR count). The van der Waals surface area contributed by atoms with Gasteiger partial charge in [0.1, 0.15) is 11.1 Å². The Labute approximate surface area is 134 Å². The molecule has 0 bridgehead atoms. The fourth-order valence-electron chi connectivity index (χ4n) is 2.68. The van der Waals surface area contributed by atoms with Crippen LogP contribution < -0.4 is 10.2 Å². The van der Waals surface area contributed by atoms with Crippen molar-refractivity contribution in [2.45, 2.75) is 26.1 Å². The third-order valence-corrected chi connectivity index (χ3v) is 5.20. The topological polar surface area (TPSA) is 54.4 Å². The first kappa shape index (κ1) is 15.2. The smallest absolute Gasteiger partial charge is 0.189 e. The first-order chi connectivity index (χ1) is 10.5. The van der Waals surface area contributed by atoms with Crippen molar-refractivity contribution < 1.29 is 4.74 Å². The number of benzene rings is 1. The highest BCUT2D eigenvalue weighted by molar-refractivity contribution is 8.00. The minimum absolute atomic E-state index is 0.0138. The van der Waals surface area contributed by atoms with Gasteiger partial charge in [-0.3, -0.25) is 9.79 Å². The van der Waals surface area contributed by atoms with Crippen LogP contribution in [0.2, 0.25) is 0 Å². The second-order valence-corrected chi connectivity index (χ2v) is 6.91. The predicted molar refractivity (Wildman–Crippen MR) is 93.3 cm³/mol. The van der Waals surface area contributed by atoms with E-state index in [-0.39, 0.29) is 10.8 Å². The lowest BCUT2D eigenvalue weighted by Crippen LogP contribution is -2.08. The molecule has 1 aromatic carbocycles. The highest BCUT2D eigenvalue weighted by Crippen LogP contribution is 2.36. The molecule has 2 aromatic rings. The second-order valence-electron chi connectivity index (χ2n) is 5.84. The van der Waals surface area contributed by atoms with E-state index in [9.17, 15) is 4.79 Å². The first-order valence-electron chi connectivity index (χ1n) is 7.40. The van der Waals surface area contributed by atoms with Crippen molar-refractivity contribution >= 4 is 28.4 Å². The number of hydrogen-bond acceptors (Lipinski definition) is 4. The minimum atomic E-state index is -0.0138. The van der Waals surface area contributed by atoms with Crippen LogP contribution in [0.1, 0.15) is 30.5 Å². The Morgan fingerprint density at radius 1 is 1.41 bits per heavy atom. The molecule has 0 saturated heterocycles. The third kappa shape index (κ3) is 2.54. The van der Waals surface area contributed by atoms with E-state index in [4.69, 9.17) is 9.73 Å². The molecule has 1 N–H and O–H groups in total. The van der Waals surface area contributed by atoms with Crippen molar-refractivity contribution in [2.75, 3.05) is 12.9 Å². The molecule has 0 spiro atoms. The summed E-state index contributed by atoms with van der Waals surface area (Å²) in [7, 11) is 1.64. The summed E-state index contributed by atoms with van der Waals surface area (Å²) in [6, 6.07) is 5.33. The largest absolute Gasteiger partial charge is 0.496 e. The van der Waals surface area contributed by atoms with E-state index < -0.39 is 0 Å². The SMILES string of the molecule is COc1ccc2c(=O)cc(C3N=C(C(C)C)CS3)[nH]c2c1C. The van der Waals surface area contributed by atoms with Gasteiger partial charge >= 0.3 is 0 Å². The maximum atomic E-state index is 12.4. The standard InChI is InChI=1S/C17H20N2O2S/c1-9(2)13-8-22-17(19-13)12-7-14(20)11-5-6-15(21-4)10(3)16(11)18-12/h5-7,9,17H,8H2,1-4H3,(H,18,20). The molecule has 1 aliphatic heterocycles. The van der Waals surface area contributed by atoms with Gasteiger partial charge in [-0.1, -0.05) is 13.8 Å². The van der Waals surface area contributed by atoms with Crippen LogP contribution in [0.25, 0.3) is 10.9 Å². The fraction of sp³-hybridized carbons (Fsp3) is 0.412. The van der Waals surface area contributed by atoms with E-state index in [0.717, 1.165) is 28.3 Å². The van der Waals surface area contributed by atoms with Crippen LogP contribution in [0.5, 0.6) is 5.75 Å². The molecule has 1 unspecified atom stereocenters. The van der Waals surface area contributed by atoms with Crippen LogP contribution >= 0.6 is 11.8 Å². The van der Waals surface area contributed by atoms with E-state index in [0.29, 0.717) is 11.3 Å². The van der Waals surface area contributed by atoms with Gasteiger partial charge in [0.25, 0.3) is 0 Å². The van der Waals surface area contributed by atoms with Gasteiger partial charge in [0.15, 0.2) is 5.43 Å². The number of aryl methyl sites for hydroxylation is 1. The Morgan fingerprint density at radius 2 is 2.18 bits per heavy atom. The number of ether oxygens (including phenoxy) is 1. The molecular formula is C17H20N2O2S. The highest BCUT2D eigenvalue weighted by Gasteiger charge is 2.23. The van der Waals surface area contributed by atoms with Crippen LogP contribution in [0, 0.1) is 12.8 Å². The summed E-state index contributed by atoms with van der Waals surface area (Å²) >= 11 is 1.76. The maximum absolute atomic E-state index is 12.4. The van der Waals surface area contributed by atoms with Crippen molar-refractivity contribution in [1.82, 2.24) is 4.98 Å². The Kier molecular flexibility index (Phi) is 4.00. The number of hydrogen-bond donors (Lipinski definition) is 1. The zero-order chi connectivity index (χ0) is 15.9. The van der Waals surface area contributed by atoms with Crippen molar-refractivity contribution in [2.24, 2.45) is 10.9 Å². The molecule has 1 aliphatic rings. The van der Waals surface area contributed by atoms with E-state index >= 15 is 0 Å². The molecule has 0 radical (unpaired) electrons. The van der Waals surface area contributed by atoms with Crippen LogP contribution in [0.4, 0.5) is 0 Å². The van der Waals surface area contributed by atoms with Crippen molar-refractivity contribution in [3.8, 4) is 5.75 Å². The van der Waals surface area contributed by atoms with Crippen LogP contribution in [-0.2, 0) is 0 Å². The van der Waals surface area contributed by atoms with Gasteiger partial charge in [-0.15, -0.1) is 11.8 Å². The van der Waals surface area contributed by atoms with Crippen LogP contribution in [-0.4, -0.2) is 23.6 Å². The summed E-state index contributed by atoms with van der Waals surface area (Å²) in [4.78, 5) is 20.6. The van der Waals surface area contributed by atoms with Crippen LogP contribution in [0.3, 0.4) is 0 Å². The van der Waals surface area contributed by atoms with Crippen LogP contribution in [0.15, 0.2) is 28.0 Å². The summed E-state index contributed by atoms with van der Waals surface area (Å²) in [6.45, 7) is 6.27. The number of aromatic amines is 1. The number of pyridine rings is 1. The van der Waals surface area contributed by atoms with Gasteiger partial charge in [-0.25, -0.2) is 0 Å². The fourth-order valence-corrected chi connectivity index (χ4v) is 3.93. The average molecular weight is 316 g/mol. The number of rotatable bonds is 3. The van der Waals surface area contributed by atoms with Crippen molar-refractivity contribution in [1.29, 1.82) is 0 Å². The summed E-state index contributed by atoms with van der Waals surface area (Å²) in [5, 5.41) is 0.679. The van der Waals surface area contributed by atoms with Gasteiger partial charge in [-0.2, -0.15) is 0 Å². The van der Waals surface area contributed by atoms with Crippen molar-refractivity contribution in [3.05, 3.63) is 39.7 Å². The molecule has 116 valence electrons. The Bertz CT molecular complexity index is 808. The molecule has 5 heteroatoms. The number of H-pyrrole nitrogens is 1. The second kappa shape index (κ2) is 5.80. The molecule has 0 amide bonds. The van der Waals surface area contributed by atoms with Gasteiger partial charge < -0.3 is 9.72 Å². The number of nitrogens with zero attached hydrogens (tertiary/aromatic N) is 1. The average Bonchev–Trinajstić information content (AvgIpc) is 2.98. The predicted octanol–water partition coefficient (Wildman–Crippen LogP) is 3.69. The Hall–Kier alpha value is -1.75. The summed E-state index contributed by atoms with van der Waals surface area (Å²) in [5.74, 6) is 2.16. The van der Waals surface area contributed by atoms with E-state index in [1.807, 2.05) is 19.1 Å². The van der Waals surface area contributed by atoms with E-state index in [1.54, 1.807) is 24.9 Å². The van der Waals surface area contributed by atoms with Crippen molar-refractivity contribution in [3.63, 3.8) is 0 Å². The number of methoxy groups -OCH3 is 1. The number of aliphatic imine (C=N–C) groups is 1. The van der Waals surface area contributed by atoms with E-state index in [1.165, 1.54) is 5.71 Å². The Morgan fingerprint density at radius 3 is 2.82 bits per heavy atom. The van der Waals surface area contributed by atoms with Gasteiger partial charge in [0.2, 0.25) is 0 Å². The maximum Gasteiger partial charge on any atom is 0.189 e. The normalized spacial score (nSPS) is 18.0. The summed E-state index contributed by atoms with van der Waals surface area (Å²) in [5.41, 5.74) is 3.90. The van der Waals surface area contributed by atoms with E-state index in [2.05, 4.69) is 18.8 Å². The summed E-state index contributed by atoms with van der Waals surface area (Å²) in [6.07, 6.45) is 0. The third-order valence-electron chi connectivity index (χ3n) is 4.06. The molecule has 22 heavy (non-hydrogen) atoms. The molecule has 4 nitrogen and oxygen atoms in total. The first-order valence-corrected chi connectivity index (χ1v) is 8.45. The monoisotopic (exact) mass is 316 g/mol. The Balaban J connectivity index is 2.13. The number of nitrogens with one attached hydrogen (secondary N) is 1. The lowest BCUT2D eigenvalue weighted by Gasteiger charge is -2.12. The molecule has 1 atom stereocenters. The molecular weight excluding hydrogens is 296 g/mol. The highest BCUT2D eigenvalue weighted by atomic mass is 32.2. The lowest BCUT2D eigenvalue weighted by molar-refractivity contribution is 0.412.